The predicted octanol–water partition coefficient (Wildman–Crippen LogP) is 0.210. The average Bonchev–Trinajstić information content (AvgIpc) is 2.34. The number of carboxylic acids is 1. The van der Waals surface area contributed by atoms with E-state index in [1.54, 1.807) is 0 Å². The van der Waals surface area contributed by atoms with Crippen LogP contribution in [0.2, 0.25) is 0 Å². The van der Waals surface area contributed by atoms with E-state index in [2.05, 4.69) is 10.1 Å². The number of primary amides is 1. The summed E-state index contributed by atoms with van der Waals surface area (Å²) in [6.07, 6.45) is -0.907. The Balaban J connectivity index is 2.46. The molecule has 0 saturated carbocycles. The maximum absolute atomic E-state index is 11.5. The molecule has 0 spiro atoms. The van der Waals surface area contributed by atoms with Gasteiger partial charge in [-0.1, -0.05) is 0 Å². The first-order valence-electron chi connectivity index (χ1n) is 5.04. The van der Waals surface area contributed by atoms with Crippen molar-refractivity contribution in [3.63, 3.8) is 0 Å². The monoisotopic (exact) mass is 252 g/mol. The first-order valence-corrected chi connectivity index (χ1v) is 5.04. The van der Waals surface area contributed by atoms with E-state index in [9.17, 15) is 14.4 Å². The highest BCUT2D eigenvalue weighted by Gasteiger charge is 2.07. The van der Waals surface area contributed by atoms with Crippen LogP contribution in [0.1, 0.15) is 20.7 Å². The molecule has 4 N–H and O–H groups in total. The van der Waals surface area contributed by atoms with E-state index in [1.807, 2.05) is 0 Å². The zero-order chi connectivity index (χ0) is 13.5. The van der Waals surface area contributed by atoms with E-state index in [4.69, 9.17) is 10.8 Å². The van der Waals surface area contributed by atoms with Crippen molar-refractivity contribution in [1.29, 1.82) is 0 Å². The van der Waals surface area contributed by atoms with Gasteiger partial charge in [-0.05, 0) is 24.3 Å². The van der Waals surface area contributed by atoms with Crippen molar-refractivity contribution in [3.8, 4) is 0 Å². The summed E-state index contributed by atoms with van der Waals surface area (Å²) in [4.78, 5) is 32.4. The van der Waals surface area contributed by atoms with Crippen molar-refractivity contribution in [1.82, 2.24) is 5.32 Å². The number of carbonyl (C=O) groups excluding carboxylic acids is 2. The third-order valence-electron chi connectivity index (χ3n) is 2.03. The van der Waals surface area contributed by atoms with Crippen LogP contribution in [-0.2, 0) is 4.74 Å². The Labute approximate surface area is 103 Å². The molecule has 0 unspecified atom stereocenters. The van der Waals surface area contributed by atoms with Crippen molar-refractivity contribution in [2.45, 2.75) is 0 Å². The van der Waals surface area contributed by atoms with Crippen molar-refractivity contribution in [2.75, 3.05) is 13.2 Å². The minimum atomic E-state index is -1.06. The number of hydrogen-bond acceptors (Lipinski definition) is 4. The maximum Gasteiger partial charge on any atom is 0.404 e. The molecule has 1 rings (SSSR count). The molecule has 7 nitrogen and oxygen atoms in total. The molecular weight excluding hydrogens is 240 g/mol. The Morgan fingerprint density at radius 1 is 1.17 bits per heavy atom. The van der Waals surface area contributed by atoms with E-state index in [0.717, 1.165) is 0 Å². The van der Waals surface area contributed by atoms with Gasteiger partial charge < -0.3 is 20.9 Å². The van der Waals surface area contributed by atoms with Crippen LogP contribution in [0.15, 0.2) is 24.3 Å². The second kappa shape index (κ2) is 6.24. The number of aromatic carboxylic acids is 1. The summed E-state index contributed by atoms with van der Waals surface area (Å²) in [5.74, 6) is -1.45. The molecule has 0 radical (unpaired) electrons. The molecule has 96 valence electrons. The molecule has 0 heterocycles. The number of ether oxygens (including phenoxy) is 1. The summed E-state index contributed by atoms with van der Waals surface area (Å²) in [5.41, 5.74) is 5.16. The summed E-state index contributed by atoms with van der Waals surface area (Å²) in [7, 11) is 0. The first-order chi connectivity index (χ1) is 8.50. The van der Waals surface area contributed by atoms with Gasteiger partial charge in [0.05, 0.1) is 12.1 Å². The van der Waals surface area contributed by atoms with Gasteiger partial charge in [0.1, 0.15) is 6.61 Å². The van der Waals surface area contributed by atoms with Crippen LogP contribution in [0.3, 0.4) is 0 Å². The van der Waals surface area contributed by atoms with Crippen LogP contribution in [-0.4, -0.2) is 36.2 Å². The molecule has 0 aliphatic rings. The van der Waals surface area contributed by atoms with Crippen LogP contribution < -0.4 is 11.1 Å². The molecule has 0 bridgehead atoms. The lowest BCUT2D eigenvalue weighted by Crippen LogP contribution is -2.29. The Hall–Kier alpha value is -2.57. The number of nitrogens with two attached hydrogens (primary N) is 1. The fourth-order valence-corrected chi connectivity index (χ4v) is 1.18. The first kappa shape index (κ1) is 13.5. The topological polar surface area (TPSA) is 119 Å². The average molecular weight is 252 g/mol. The Bertz CT molecular complexity index is 455. The van der Waals surface area contributed by atoms with Crippen LogP contribution in [0, 0.1) is 0 Å². The number of amides is 2. The van der Waals surface area contributed by atoms with Gasteiger partial charge in [-0.2, -0.15) is 0 Å². The van der Waals surface area contributed by atoms with E-state index in [-0.39, 0.29) is 24.6 Å². The van der Waals surface area contributed by atoms with E-state index in [1.165, 1.54) is 24.3 Å². The standard InChI is InChI=1S/C11H12N2O5/c12-11(17)18-6-5-13-9(14)7-1-3-8(4-2-7)10(15)16/h1-4H,5-6H2,(H2,12,17)(H,13,14)(H,15,16). The van der Waals surface area contributed by atoms with Gasteiger partial charge in [0.2, 0.25) is 0 Å². The maximum atomic E-state index is 11.5. The van der Waals surface area contributed by atoms with E-state index >= 15 is 0 Å². The van der Waals surface area contributed by atoms with Crippen molar-refractivity contribution in [2.24, 2.45) is 5.73 Å². The van der Waals surface area contributed by atoms with E-state index in [0.29, 0.717) is 5.56 Å². The number of carbonyl (C=O) groups is 3. The highest BCUT2D eigenvalue weighted by molar-refractivity contribution is 5.95. The van der Waals surface area contributed by atoms with Crippen LogP contribution in [0.5, 0.6) is 0 Å². The largest absolute Gasteiger partial charge is 0.478 e. The van der Waals surface area contributed by atoms with Gasteiger partial charge in [0, 0.05) is 5.56 Å². The van der Waals surface area contributed by atoms with Gasteiger partial charge >= 0.3 is 12.1 Å². The molecule has 7 heteroatoms. The number of carboxylic acid groups (broad SMARTS) is 1. The second-order valence-electron chi connectivity index (χ2n) is 3.31. The molecule has 1 aromatic carbocycles. The smallest absolute Gasteiger partial charge is 0.404 e. The van der Waals surface area contributed by atoms with Gasteiger partial charge in [-0.15, -0.1) is 0 Å². The normalized spacial score (nSPS) is 9.56. The Morgan fingerprint density at radius 3 is 2.22 bits per heavy atom. The van der Waals surface area contributed by atoms with Crippen LogP contribution in [0.25, 0.3) is 0 Å². The SMILES string of the molecule is NC(=O)OCCNC(=O)c1ccc(C(=O)O)cc1. The fraction of sp³-hybridized carbons (Fsp3) is 0.182. The zero-order valence-electron chi connectivity index (χ0n) is 9.38. The van der Waals surface area contributed by atoms with Crippen LogP contribution >= 0.6 is 0 Å². The zero-order valence-corrected chi connectivity index (χ0v) is 9.38. The van der Waals surface area contributed by atoms with Crippen LogP contribution in [0.4, 0.5) is 4.79 Å². The van der Waals surface area contributed by atoms with Crippen molar-refractivity contribution in [3.05, 3.63) is 35.4 Å². The lowest BCUT2D eigenvalue weighted by molar-refractivity contribution is 0.0696. The summed E-state index contributed by atoms with van der Waals surface area (Å²) < 4.78 is 4.43. The van der Waals surface area contributed by atoms with Gasteiger partial charge in [-0.25, -0.2) is 9.59 Å². The molecular formula is C11H12N2O5. The number of rotatable bonds is 5. The predicted molar refractivity (Wildman–Crippen MR) is 61.3 cm³/mol. The molecule has 0 aliphatic heterocycles. The third-order valence-corrected chi connectivity index (χ3v) is 2.03. The number of benzene rings is 1. The van der Waals surface area contributed by atoms with Crippen molar-refractivity contribution < 1.29 is 24.2 Å². The highest BCUT2D eigenvalue weighted by atomic mass is 16.5. The minimum Gasteiger partial charge on any atom is -0.478 e. The van der Waals surface area contributed by atoms with Gasteiger partial charge in [0.15, 0.2) is 0 Å². The van der Waals surface area contributed by atoms with E-state index < -0.39 is 12.1 Å². The molecule has 0 saturated heterocycles. The molecule has 0 atom stereocenters. The summed E-state index contributed by atoms with van der Waals surface area (Å²) in [6, 6.07) is 5.45. The molecule has 0 fully saturated rings. The third kappa shape index (κ3) is 4.12. The second-order valence-corrected chi connectivity index (χ2v) is 3.31. The quantitative estimate of drug-likeness (QED) is 0.647. The summed E-state index contributed by atoms with van der Waals surface area (Å²) in [6.45, 7) is 0.108. The Kier molecular flexibility index (Phi) is 4.67. The molecule has 0 aliphatic carbocycles. The molecule has 18 heavy (non-hydrogen) atoms. The molecule has 0 aromatic heterocycles. The lowest BCUT2D eigenvalue weighted by Gasteiger charge is -2.05. The number of hydrogen-bond donors (Lipinski definition) is 3. The summed E-state index contributed by atoms with van der Waals surface area (Å²) in [5, 5.41) is 11.2. The van der Waals surface area contributed by atoms with Gasteiger partial charge in [0.25, 0.3) is 5.91 Å². The summed E-state index contributed by atoms with van der Waals surface area (Å²) >= 11 is 0. The lowest BCUT2D eigenvalue weighted by atomic mass is 10.1. The fourth-order valence-electron chi connectivity index (χ4n) is 1.18. The minimum absolute atomic E-state index is 0.0196. The molecule has 2 amide bonds. The van der Waals surface area contributed by atoms with Crippen molar-refractivity contribution >= 4 is 18.0 Å². The number of nitrogens with one attached hydrogen (secondary N) is 1. The molecule has 1 aromatic rings. The Morgan fingerprint density at radius 2 is 1.72 bits per heavy atom. The van der Waals surface area contributed by atoms with Gasteiger partial charge in [-0.3, -0.25) is 4.79 Å². The highest BCUT2D eigenvalue weighted by Crippen LogP contribution is 2.04.